The Labute approximate surface area is 165 Å². The van der Waals surface area contributed by atoms with Crippen LogP contribution in [-0.4, -0.2) is 31.2 Å². The first-order chi connectivity index (χ1) is 13.5. The molecule has 2 atom stereocenters. The monoisotopic (exact) mass is 394 g/mol. The van der Waals surface area contributed by atoms with Crippen molar-refractivity contribution in [3.8, 4) is 11.4 Å². The lowest BCUT2D eigenvalue weighted by molar-refractivity contribution is 0.0217. The lowest BCUT2D eigenvalue weighted by Gasteiger charge is -2.48. The van der Waals surface area contributed by atoms with E-state index in [0.717, 1.165) is 22.8 Å². The van der Waals surface area contributed by atoms with Crippen molar-refractivity contribution < 1.29 is 13.2 Å². The molecule has 0 N–H and O–H groups in total. The Morgan fingerprint density at radius 3 is 2.54 bits per heavy atom. The van der Waals surface area contributed by atoms with Gasteiger partial charge in [-0.3, -0.25) is 0 Å². The first-order valence-electron chi connectivity index (χ1n) is 9.45. The number of hydrogen-bond acceptors (Lipinski definition) is 4. The lowest BCUT2D eigenvalue weighted by Crippen LogP contribution is -2.55. The highest BCUT2D eigenvalue weighted by atomic mass is 32.2. The maximum Gasteiger partial charge on any atom is 0.168 e. The van der Waals surface area contributed by atoms with Crippen LogP contribution in [0.3, 0.4) is 0 Å². The predicted octanol–water partition coefficient (Wildman–Crippen LogP) is 3.74. The number of rotatable bonds is 2. The van der Waals surface area contributed by atoms with E-state index in [-0.39, 0.29) is 0 Å². The Morgan fingerprint density at radius 1 is 1.00 bits per heavy atom. The van der Waals surface area contributed by atoms with Gasteiger partial charge in [0.25, 0.3) is 0 Å². The summed E-state index contributed by atoms with van der Waals surface area (Å²) in [6.07, 6.45) is 4.45. The average molecular weight is 394 g/mol. The first kappa shape index (κ1) is 17.4. The van der Waals surface area contributed by atoms with Gasteiger partial charge in [-0.2, -0.15) is 0 Å². The summed E-state index contributed by atoms with van der Waals surface area (Å²) in [6.45, 7) is 0.606. The number of nitrogens with zero attached hydrogens (tertiary/aromatic N) is 2. The summed E-state index contributed by atoms with van der Waals surface area (Å²) in [5.41, 5.74) is 2.29. The molecule has 3 heterocycles. The summed E-state index contributed by atoms with van der Waals surface area (Å²) in [7, 11) is -3.32. The van der Waals surface area contributed by atoms with Gasteiger partial charge in [0.05, 0.1) is 11.4 Å². The molecule has 1 aromatic heterocycles. The molecule has 1 saturated heterocycles. The van der Waals surface area contributed by atoms with Crippen LogP contribution in [-0.2, 0) is 15.4 Å². The van der Waals surface area contributed by atoms with Gasteiger partial charge in [0.2, 0.25) is 0 Å². The second-order valence-corrected chi connectivity index (χ2v) is 9.80. The van der Waals surface area contributed by atoms with E-state index in [9.17, 15) is 8.42 Å². The summed E-state index contributed by atoms with van der Waals surface area (Å²) >= 11 is 0. The maximum absolute atomic E-state index is 12.8. The Morgan fingerprint density at radius 2 is 1.75 bits per heavy atom. The molecule has 0 aliphatic carbocycles. The normalized spacial score (nSPS) is 23.8. The van der Waals surface area contributed by atoms with Crippen molar-refractivity contribution in [2.24, 2.45) is 0 Å². The summed E-state index contributed by atoms with van der Waals surface area (Å²) in [4.78, 5) is 2.00. The standard InChI is InChI=1S/C22H22N2O3S/c1-28(25,26)21-16-22(13-15-23(21)17-8-3-2-4-9-17)20-12-7-14-24(20)18-10-5-6-11-19(18)27-22/h2-12,14,21H,13,15-16H2,1H3. The van der Waals surface area contributed by atoms with Crippen LogP contribution in [0.15, 0.2) is 72.9 Å². The van der Waals surface area contributed by atoms with Gasteiger partial charge in [-0.25, -0.2) is 8.42 Å². The number of para-hydroxylation sites is 3. The van der Waals surface area contributed by atoms with Crippen molar-refractivity contribution in [2.45, 2.75) is 23.8 Å². The van der Waals surface area contributed by atoms with Gasteiger partial charge in [-0.1, -0.05) is 30.3 Å². The van der Waals surface area contributed by atoms with Gasteiger partial charge in [-0.15, -0.1) is 0 Å². The van der Waals surface area contributed by atoms with Crippen LogP contribution in [0.2, 0.25) is 0 Å². The van der Waals surface area contributed by atoms with Crippen molar-refractivity contribution >= 4 is 15.5 Å². The molecule has 0 amide bonds. The lowest BCUT2D eigenvalue weighted by atomic mass is 9.86. The van der Waals surface area contributed by atoms with E-state index in [2.05, 4.69) is 4.57 Å². The molecule has 2 aromatic carbocycles. The molecule has 2 aliphatic rings. The summed E-state index contributed by atoms with van der Waals surface area (Å²) in [5.74, 6) is 0.798. The molecule has 144 valence electrons. The zero-order chi connectivity index (χ0) is 19.4. The molecule has 28 heavy (non-hydrogen) atoms. The number of ether oxygens (including phenoxy) is 1. The topological polar surface area (TPSA) is 51.5 Å². The van der Waals surface area contributed by atoms with Crippen LogP contribution in [0.1, 0.15) is 18.5 Å². The third-order valence-electron chi connectivity index (χ3n) is 5.84. The van der Waals surface area contributed by atoms with Gasteiger partial charge in [0.1, 0.15) is 11.1 Å². The Hall–Kier alpha value is -2.73. The molecule has 2 unspecified atom stereocenters. The molecule has 5 rings (SSSR count). The third-order valence-corrected chi connectivity index (χ3v) is 7.25. The number of piperidine rings is 1. The second kappa shape index (κ2) is 6.14. The average Bonchev–Trinajstić information content (AvgIpc) is 3.19. The molecule has 2 aliphatic heterocycles. The van der Waals surface area contributed by atoms with Crippen LogP contribution in [0, 0.1) is 0 Å². The largest absolute Gasteiger partial charge is 0.479 e. The number of benzene rings is 2. The number of hydrogen-bond donors (Lipinski definition) is 0. The smallest absolute Gasteiger partial charge is 0.168 e. The summed E-state index contributed by atoms with van der Waals surface area (Å²) in [5, 5.41) is -0.641. The molecule has 6 heteroatoms. The van der Waals surface area contributed by atoms with Crippen LogP contribution in [0.5, 0.6) is 5.75 Å². The van der Waals surface area contributed by atoms with Gasteiger partial charge in [0.15, 0.2) is 15.4 Å². The van der Waals surface area contributed by atoms with Gasteiger partial charge < -0.3 is 14.2 Å². The zero-order valence-corrected chi connectivity index (χ0v) is 16.5. The van der Waals surface area contributed by atoms with E-state index < -0.39 is 20.8 Å². The molecule has 1 fully saturated rings. The van der Waals surface area contributed by atoms with Gasteiger partial charge >= 0.3 is 0 Å². The molecular weight excluding hydrogens is 372 g/mol. The van der Waals surface area contributed by atoms with E-state index in [1.165, 1.54) is 6.26 Å². The minimum atomic E-state index is -3.32. The molecule has 0 saturated carbocycles. The van der Waals surface area contributed by atoms with Crippen LogP contribution in [0.25, 0.3) is 5.69 Å². The predicted molar refractivity (Wildman–Crippen MR) is 110 cm³/mol. The van der Waals surface area contributed by atoms with Gasteiger partial charge in [0, 0.05) is 37.5 Å². The van der Waals surface area contributed by atoms with E-state index in [1.54, 1.807) is 0 Å². The zero-order valence-electron chi connectivity index (χ0n) is 15.7. The minimum Gasteiger partial charge on any atom is -0.479 e. The fraction of sp³-hybridized carbons (Fsp3) is 0.273. The molecule has 5 nitrogen and oxygen atoms in total. The van der Waals surface area contributed by atoms with Crippen molar-refractivity contribution in [3.63, 3.8) is 0 Å². The molecule has 1 spiro atoms. The Kier molecular flexibility index (Phi) is 3.81. The highest BCUT2D eigenvalue weighted by molar-refractivity contribution is 7.91. The van der Waals surface area contributed by atoms with Crippen LogP contribution >= 0.6 is 0 Å². The molecule has 0 bridgehead atoms. The summed E-state index contributed by atoms with van der Waals surface area (Å²) in [6, 6.07) is 21.7. The third kappa shape index (κ3) is 2.63. The van der Waals surface area contributed by atoms with Crippen molar-refractivity contribution in [1.29, 1.82) is 0 Å². The quantitative estimate of drug-likeness (QED) is 0.665. The van der Waals surface area contributed by atoms with E-state index in [0.29, 0.717) is 19.4 Å². The number of aromatic nitrogens is 1. The Balaban J connectivity index is 1.60. The fourth-order valence-electron chi connectivity index (χ4n) is 4.53. The number of anilines is 1. The highest BCUT2D eigenvalue weighted by Gasteiger charge is 2.50. The Bertz CT molecular complexity index is 1120. The first-order valence-corrected chi connectivity index (χ1v) is 11.4. The van der Waals surface area contributed by atoms with E-state index in [4.69, 9.17) is 4.74 Å². The van der Waals surface area contributed by atoms with Crippen LogP contribution < -0.4 is 9.64 Å². The number of fused-ring (bicyclic) bond motifs is 4. The van der Waals surface area contributed by atoms with Crippen LogP contribution in [0.4, 0.5) is 5.69 Å². The minimum absolute atomic E-state index is 0.388. The molecule has 0 radical (unpaired) electrons. The molecular formula is C22H22N2O3S. The summed E-state index contributed by atoms with van der Waals surface area (Å²) < 4.78 is 34.3. The van der Waals surface area contributed by atoms with Crippen molar-refractivity contribution in [2.75, 3.05) is 17.7 Å². The molecule has 3 aromatic rings. The fourth-order valence-corrected chi connectivity index (χ4v) is 5.79. The SMILES string of the molecule is CS(=O)(=O)C1CC2(CCN1c1ccccc1)Oc1ccccc1-n1cccc12. The number of sulfone groups is 1. The highest BCUT2D eigenvalue weighted by Crippen LogP contribution is 2.47. The maximum atomic E-state index is 12.8. The van der Waals surface area contributed by atoms with Crippen molar-refractivity contribution in [3.05, 3.63) is 78.6 Å². The van der Waals surface area contributed by atoms with Gasteiger partial charge in [-0.05, 0) is 36.4 Å². The van der Waals surface area contributed by atoms with E-state index >= 15 is 0 Å². The second-order valence-electron chi connectivity index (χ2n) is 7.59. The van der Waals surface area contributed by atoms with Crippen molar-refractivity contribution in [1.82, 2.24) is 4.57 Å². The van der Waals surface area contributed by atoms with E-state index in [1.807, 2.05) is 77.8 Å².